The summed E-state index contributed by atoms with van der Waals surface area (Å²) in [4.78, 5) is 4.11. The average molecular weight is 395 g/mol. The highest BCUT2D eigenvalue weighted by Crippen LogP contribution is 2.40. The van der Waals surface area contributed by atoms with Crippen LogP contribution >= 0.6 is 11.5 Å². The van der Waals surface area contributed by atoms with Crippen molar-refractivity contribution in [3.63, 3.8) is 0 Å². The Bertz CT molecular complexity index is 1070. The molecule has 1 aliphatic rings. The molecule has 0 spiro atoms. The Hall–Kier alpha value is -1.91. The van der Waals surface area contributed by atoms with Gasteiger partial charge in [0.1, 0.15) is 12.0 Å². The van der Waals surface area contributed by atoms with E-state index in [9.17, 15) is 8.42 Å². The molecule has 0 aliphatic carbocycles. The Morgan fingerprint density at radius 1 is 1.23 bits per heavy atom. The summed E-state index contributed by atoms with van der Waals surface area (Å²) in [6, 6.07) is 3.35. The van der Waals surface area contributed by atoms with Crippen molar-refractivity contribution in [3.05, 3.63) is 41.5 Å². The van der Waals surface area contributed by atoms with E-state index < -0.39 is 15.7 Å². The van der Waals surface area contributed by atoms with Crippen LogP contribution in [-0.2, 0) is 15.7 Å². The van der Waals surface area contributed by atoms with E-state index in [1.54, 1.807) is 29.8 Å². The summed E-state index contributed by atoms with van der Waals surface area (Å²) in [7, 11) is -3.61. The number of nitrogens with zero attached hydrogens (tertiary/aromatic N) is 5. The summed E-state index contributed by atoms with van der Waals surface area (Å²) in [6.45, 7) is 3.85. The SMILES string of the molecule is Cc1cc(S(=O)(=O)N2CCC(F)(c3cn4ncnc4cc3C)CC2)sn1. The lowest BCUT2D eigenvalue weighted by molar-refractivity contribution is 0.0859. The molecule has 138 valence electrons. The number of aryl methyl sites for hydroxylation is 2. The number of hydrogen-bond acceptors (Lipinski definition) is 6. The number of piperidine rings is 1. The minimum Gasteiger partial charge on any atom is -0.238 e. The van der Waals surface area contributed by atoms with Gasteiger partial charge in [0.15, 0.2) is 9.86 Å². The van der Waals surface area contributed by atoms with Gasteiger partial charge in [-0.05, 0) is 55.9 Å². The molecule has 0 radical (unpaired) electrons. The van der Waals surface area contributed by atoms with E-state index in [-0.39, 0.29) is 30.1 Å². The van der Waals surface area contributed by atoms with Gasteiger partial charge in [0, 0.05) is 24.8 Å². The predicted octanol–water partition coefficient (Wildman–Crippen LogP) is 2.45. The lowest BCUT2D eigenvalue weighted by Gasteiger charge is -2.36. The molecule has 7 nitrogen and oxygen atoms in total. The lowest BCUT2D eigenvalue weighted by atomic mass is 9.85. The fourth-order valence-corrected chi connectivity index (χ4v) is 5.92. The summed E-state index contributed by atoms with van der Waals surface area (Å²) in [6.07, 6.45) is 3.29. The van der Waals surface area contributed by atoms with Crippen LogP contribution in [-0.4, -0.2) is 44.8 Å². The molecule has 10 heteroatoms. The molecule has 0 amide bonds. The first-order valence-corrected chi connectivity index (χ1v) is 10.4. The Morgan fingerprint density at radius 2 is 1.96 bits per heavy atom. The Labute approximate surface area is 154 Å². The molecule has 1 fully saturated rings. The fourth-order valence-electron chi connectivity index (χ4n) is 3.37. The third kappa shape index (κ3) is 2.81. The monoisotopic (exact) mass is 395 g/mol. The second kappa shape index (κ2) is 6.07. The molecule has 0 saturated carbocycles. The van der Waals surface area contributed by atoms with Gasteiger partial charge >= 0.3 is 0 Å². The van der Waals surface area contributed by atoms with E-state index in [0.29, 0.717) is 16.9 Å². The van der Waals surface area contributed by atoms with Crippen LogP contribution in [0.4, 0.5) is 4.39 Å². The highest BCUT2D eigenvalue weighted by Gasteiger charge is 2.41. The van der Waals surface area contributed by atoms with Crippen molar-refractivity contribution in [1.29, 1.82) is 0 Å². The smallest absolute Gasteiger partial charge is 0.238 e. The molecule has 1 saturated heterocycles. The largest absolute Gasteiger partial charge is 0.254 e. The van der Waals surface area contributed by atoms with E-state index in [4.69, 9.17) is 0 Å². The minimum atomic E-state index is -3.61. The second-order valence-corrected chi connectivity index (χ2v) is 9.56. The first-order valence-electron chi connectivity index (χ1n) is 8.22. The molecule has 0 N–H and O–H groups in total. The number of hydrogen-bond donors (Lipinski definition) is 0. The van der Waals surface area contributed by atoms with Crippen LogP contribution in [0.3, 0.4) is 0 Å². The third-order valence-electron chi connectivity index (χ3n) is 4.82. The zero-order valence-corrected chi connectivity index (χ0v) is 16.0. The van der Waals surface area contributed by atoms with E-state index in [1.807, 2.05) is 6.92 Å². The number of pyridine rings is 1. The summed E-state index contributed by atoms with van der Waals surface area (Å²) in [5.74, 6) is 0. The van der Waals surface area contributed by atoms with Crippen LogP contribution in [0.25, 0.3) is 5.65 Å². The molecule has 0 bridgehead atoms. The van der Waals surface area contributed by atoms with Gasteiger partial charge in [0.25, 0.3) is 10.0 Å². The van der Waals surface area contributed by atoms with Gasteiger partial charge in [0.2, 0.25) is 0 Å². The van der Waals surface area contributed by atoms with Crippen LogP contribution in [0.15, 0.2) is 28.9 Å². The molecule has 1 aliphatic heterocycles. The maximum atomic E-state index is 15.7. The topological polar surface area (TPSA) is 80.5 Å². The zero-order chi connectivity index (χ0) is 18.5. The summed E-state index contributed by atoms with van der Waals surface area (Å²) in [5, 5.41) is 4.07. The standard InChI is InChI=1S/C16H18FN5O2S2/c1-11-7-14-18-10-19-22(14)9-13(11)16(17)3-5-21(6-4-16)26(23,24)15-8-12(2)20-25-15/h7-10H,3-6H2,1-2H3. The van der Waals surface area contributed by atoms with E-state index in [0.717, 1.165) is 17.1 Å². The highest BCUT2D eigenvalue weighted by atomic mass is 32.2. The van der Waals surface area contributed by atoms with Gasteiger partial charge in [-0.15, -0.1) is 0 Å². The molecule has 26 heavy (non-hydrogen) atoms. The van der Waals surface area contributed by atoms with Gasteiger partial charge in [-0.1, -0.05) is 0 Å². The highest BCUT2D eigenvalue weighted by molar-refractivity contribution is 7.91. The molecular weight excluding hydrogens is 377 g/mol. The molecule has 4 heterocycles. The van der Waals surface area contributed by atoms with Crippen LogP contribution in [0.2, 0.25) is 0 Å². The van der Waals surface area contributed by atoms with E-state index in [2.05, 4.69) is 14.5 Å². The Morgan fingerprint density at radius 3 is 2.62 bits per heavy atom. The van der Waals surface area contributed by atoms with Crippen molar-refractivity contribution in [2.24, 2.45) is 0 Å². The van der Waals surface area contributed by atoms with Gasteiger partial charge in [-0.2, -0.15) is 13.8 Å². The zero-order valence-electron chi connectivity index (χ0n) is 14.4. The number of aromatic nitrogens is 4. The van der Waals surface area contributed by atoms with E-state index >= 15 is 4.39 Å². The van der Waals surface area contributed by atoms with Gasteiger partial charge in [-0.25, -0.2) is 22.3 Å². The molecular formula is C16H18FN5O2S2. The number of halogens is 1. The molecule has 3 aromatic rings. The quantitative estimate of drug-likeness (QED) is 0.681. The average Bonchev–Trinajstić information content (AvgIpc) is 3.23. The van der Waals surface area contributed by atoms with Crippen LogP contribution in [0, 0.1) is 13.8 Å². The van der Waals surface area contributed by atoms with Gasteiger partial charge < -0.3 is 0 Å². The molecule has 0 aromatic carbocycles. The molecule has 0 unspecified atom stereocenters. The van der Waals surface area contributed by atoms with Gasteiger partial charge in [-0.3, -0.25) is 0 Å². The van der Waals surface area contributed by atoms with Gasteiger partial charge in [0.05, 0.1) is 5.69 Å². The Balaban J connectivity index is 1.59. The number of fused-ring (bicyclic) bond motifs is 1. The number of rotatable bonds is 3. The summed E-state index contributed by atoms with van der Waals surface area (Å²) < 4.78 is 48.2. The fraction of sp³-hybridized carbons (Fsp3) is 0.438. The van der Waals surface area contributed by atoms with Crippen molar-refractivity contribution in [1.82, 2.24) is 23.3 Å². The van der Waals surface area contributed by atoms with Crippen LogP contribution in [0.1, 0.15) is 29.7 Å². The van der Waals surface area contributed by atoms with Crippen molar-refractivity contribution in [3.8, 4) is 0 Å². The Kier molecular flexibility index (Phi) is 4.08. The molecule has 0 atom stereocenters. The minimum absolute atomic E-state index is 0.102. The summed E-state index contributed by atoms with van der Waals surface area (Å²) in [5.41, 5.74) is 1.08. The molecule has 3 aromatic heterocycles. The van der Waals surface area contributed by atoms with E-state index in [1.165, 1.54) is 10.6 Å². The van der Waals surface area contributed by atoms with Crippen molar-refractivity contribution in [2.45, 2.75) is 36.6 Å². The van der Waals surface area contributed by atoms with Crippen LogP contribution < -0.4 is 0 Å². The van der Waals surface area contributed by atoms with Crippen molar-refractivity contribution in [2.75, 3.05) is 13.1 Å². The normalized spacial score (nSPS) is 18.4. The van der Waals surface area contributed by atoms with Crippen molar-refractivity contribution >= 4 is 27.2 Å². The van der Waals surface area contributed by atoms with Crippen molar-refractivity contribution < 1.29 is 12.8 Å². The molecule has 4 rings (SSSR count). The first-order chi connectivity index (χ1) is 12.3. The maximum absolute atomic E-state index is 15.7. The first kappa shape index (κ1) is 17.5. The van der Waals surface area contributed by atoms with Crippen LogP contribution in [0.5, 0.6) is 0 Å². The predicted molar refractivity (Wildman–Crippen MR) is 95.4 cm³/mol. The second-order valence-electron chi connectivity index (χ2n) is 6.59. The lowest BCUT2D eigenvalue weighted by Crippen LogP contribution is -2.43. The third-order valence-corrected chi connectivity index (χ3v) is 8.02. The number of alkyl halides is 1. The number of sulfonamides is 1. The maximum Gasteiger partial charge on any atom is 0.254 e. The summed E-state index contributed by atoms with van der Waals surface area (Å²) >= 11 is 0.959.